The Hall–Kier alpha value is -1.98. The minimum absolute atomic E-state index is 0.0551. The number of benzene rings is 1. The van der Waals surface area contributed by atoms with Crippen LogP contribution in [-0.2, 0) is 14.1 Å². The summed E-state index contributed by atoms with van der Waals surface area (Å²) in [5.41, 5.74) is -1.11. The Morgan fingerprint density at radius 3 is 2.46 bits per heavy atom. The van der Waals surface area contributed by atoms with Gasteiger partial charge in [0, 0.05) is 35.3 Å². The summed E-state index contributed by atoms with van der Waals surface area (Å²) in [7, 11) is 2.90. The van der Waals surface area contributed by atoms with Gasteiger partial charge in [-0.25, -0.2) is 4.79 Å². The molecule has 1 unspecified atom stereocenters. The van der Waals surface area contributed by atoms with Crippen LogP contribution in [-0.4, -0.2) is 20.9 Å². The summed E-state index contributed by atoms with van der Waals surface area (Å²) >= 11 is 5.07. The molecule has 2 rings (SSSR count). The number of hydrogen-bond acceptors (Lipinski definition) is 5. The molecule has 0 aliphatic carbocycles. The second kappa shape index (κ2) is 7.73. The summed E-state index contributed by atoms with van der Waals surface area (Å²) in [4.78, 5) is 25.2. The molecule has 0 fully saturated rings. The normalized spacial score (nSPS) is 11.8. The Bertz CT molecular complexity index is 897. The number of nitrogens with one attached hydrogen (secondary N) is 1. The molecule has 0 saturated heterocycles. The first-order valence-electron chi connectivity index (χ1n) is 7.21. The largest absolute Gasteiger partial charge is 0.369 e. The number of hydrogen-bond donors (Lipinski definition) is 1. The van der Waals surface area contributed by atoms with Crippen molar-refractivity contribution in [3.63, 3.8) is 0 Å². The van der Waals surface area contributed by atoms with Crippen molar-refractivity contribution in [3.8, 4) is 6.07 Å². The molecule has 8 heteroatoms. The highest BCUT2D eigenvalue weighted by Crippen LogP contribution is 2.25. The Balaban J connectivity index is 2.17. The first-order valence-corrected chi connectivity index (χ1v) is 8.88. The molecular formula is C16H17BrN4O2S. The van der Waals surface area contributed by atoms with E-state index in [0.717, 1.165) is 13.9 Å². The quantitative estimate of drug-likeness (QED) is 0.767. The number of nitriles is 1. The Labute approximate surface area is 152 Å². The van der Waals surface area contributed by atoms with Crippen LogP contribution in [0.3, 0.4) is 0 Å². The van der Waals surface area contributed by atoms with E-state index in [-0.39, 0.29) is 16.6 Å². The molecule has 6 nitrogen and oxygen atoms in total. The fourth-order valence-electron chi connectivity index (χ4n) is 2.18. The van der Waals surface area contributed by atoms with E-state index in [2.05, 4.69) is 21.2 Å². The number of thioether (sulfide) groups is 1. The Morgan fingerprint density at radius 2 is 1.88 bits per heavy atom. The second-order valence-corrected chi connectivity index (χ2v) is 7.73. The third-order valence-corrected chi connectivity index (χ3v) is 5.13. The van der Waals surface area contributed by atoms with Gasteiger partial charge in [0.05, 0.1) is 0 Å². The topological polar surface area (TPSA) is 79.8 Å². The molecule has 0 bridgehead atoms. The molecule has 0 spiro atoms. The second-order valence-electron chi connectivity index (χ2n) is 5.30. The van der Waals surface area contributed by atoms with Gasteiger partial charge < -0.3 is 5.32 Å². The number of rotatable bonds is 5. The molecule has 1 aromatic carbocycles. The van der Waals surface area contributed by atoms with Crippen molar-refractivity contribution in [1.82, 2.24) is 9.13 Å². The van der Waals surface area contributed by atoms with Crippen LogP contribution in [0.4, 0.5) is 5.82 Å². The van der Waals surface area contributed by atoms with Crippen LogP contribution in [0.15, 0.2) is 43.2 Å². The van der Waals surface area contributed by atoms with Crippen molar-refractivity contribution >= 4 is 33.5 Å². The van der Waals surface area contributed by atoms with Gasteiger partial charge in [-0.2, -0.15) is 5.26 Å². The van der Waals surface area contributed by atoms with Gasteiger partial charge in [-0.15, -0.1) is 11.8 Å². The van der Waals surface area contributed by atoms with Gasteiger partial charge in [0.2, 0.25) is 0 Å². The predicted octanol–water partition coefficient (Wildman–Crippen LogP) is 2.31. The molecule has 0 radical (unpaired) electrons. The monoisotopic (exact) mass is 408 g/mol. The molecule has 0 aliphatic rings. The van der Waals surface area contributed by atoms with E-state index >= 15 is 0 Å². The fraction of sp³-hybridized carbons (Fsp3) is 0.312. The van der Waals surface area contributed by atoms with Crippen molar-refractivity contribution in [2.75, 3.05) is 11.9 Å². The zero-order chi connectivity index (χ0) is 17.9. The first kappa shape index (κ1) is 18.4. The van der Waals surface area contributed by atoms with E-state index < -0.39 is 11.2 Å². The van der Waals surface area contributed by atoms with E-state index in [0.29, 0.717) is 6.54 Å². The summed E-state index contributed by atoms with van der Waals surface area (Å²) in [6.45, 7) is 2.54. The van der Waals surface area contributed by atoms with Crippen LogP contribution in [0.2, 0.25) is 0 Å². The summed E-state index contributed by atoms with van der Waals surface area (Å²) < 4.78 is 3.24. The van der Waals surface area contributed by atoms with Gasteiger partial charge in [0.1, 0.15) is 11.9 Å². The third-order valence-electron chi connectivity index (χ3n) is 3.48. The van der Waals surface area contributed by atoms with Gasteiger partial charge in [-0.3, -0.25) is 13.9 Å². The molecule has 1 aromatic heterocycles. The predicted molar refractivity (Wildman–Crippen MR) is 99.6 cm³/mol. The van der Waals surface area contributed by atoms with E-state index in [9.17, 15) is 14.9 Å². The lowest BCUT2D eigenvalue weighted by atomic mass is 10.3. The lowest BCUT2D eigenvalue weighted by molar-refractivity contribution is 0.685. The van der Waals surface area contributed by atoms with E-state index in [1.54, 1.807) is 11.8 Å². The van der Waals surface area contributed by atoms with Crippen LogP contribution in [0.5, 0.6) is 0 Å². The Kier molecular flexibility index (Phi) is 5.91. The van der Waals surface area contributed by atoms with Gasteiger partial charge in [0.15, 0.2) is 5.56 Å². The first-order chi connectivity index (χ1) is 11.3. The maximum absolute atomic E-state index is 12.0. The summed E-state index contributed by atoms with van der Waals surface area (Å²) in [5.74, 6) is 0.258. The van der Waals surface area contributed by atoms with E-state index in [1.165, 1.54) is 18.7 Å². The minimum atomic E-state index is -0.587. The summed E-state index contributed by atoms with van der Waals surface area (Å²) in [6.07, 6.45) is 0. The smallest absolute Gasteiger partial charge is 0.332 e. The van der Waals surface area contributed by atoms with Crippen molar-refractivity contribution in [2.45, 2.75) is 17.1 Å². The molecule has 0 amide bonds. The van der Waals surface area contributed by atoms with Gasteiger partial charge in [-0.1, -0.05) is 22.9 Å². The van der Waals surface area contributed by atoms with Gasteiger partial charge in [-0.05, 0) is 24.3 Å². The maximum atomic E-state index is 12.0. The number of halogens is 1. The average Bonchev–Trinajstić information content (AvgIpc) is 2.57. The number of nitrogens with zero attached hydrogens (tertiary/aromatic N) is 3. The highest BCUT2D eigenvalue weighted by molar-refractivity contribution is 9.10. The molecule has 24 heavy (non-hydrogen) atoms. The lowest BCUT2D eigenvalue weighted by Gasteiger charge is -2.17. The number of anilines is 1. The third kappa shape index (κ3) is 3.91. The van der Waals surface area contributed by atoms with Crippen molar-refractivity contribution in [3.05, 3.63) is 55.1 Å². The van der Waals surface area contributed by atoms with Crippen molar-refractivity contribution in [2.24, 2.45) is 14.1 Å². The maximum Gasteiger partial charge on any atom is 0.332 e. The standard InChI is InChI=1S/C16H17BrN4O2S/c1-10(24-12-6-4-11(17)5-7-12)9-19-14-13(8-18)15(22)21(3)16(23)20(14)2/h4-7,10,19H,9H2,1-3H3. The molecule has 1 N–H and O–H groups in total. The van der Waals surface area contributed by atoms with E-state index in [4.69, 9.17) is 0 Å². The van der Waals surface area contributed by atoms with Crippen molar-refractivity contribution in [1.29, 1.82) is 5.26 Å². The van der Waals surface area contributed by atoms with Gasteiger partial charge in [0.25, 0.3) is 5.56 Å². The summed E-state index contributed by atoms with van der Waals surface area (Å²) in [5, 5.41) is 12.5. The fourth-order valence-corrected chi connectivity index (χ4v) is 3.37. The van der Waals surface area contributed by atoms with Gasteiger partial charge >= 0.3 is 5.69 Å². The molecule has 126 valence electrons. The van der Waals surface area contributed by atoms with Crippen LogP contribution in [0.1, 0.15) is 12.5 Å². The SMILES string of the molecule is CC(CNc1c(C#N)c(=O)n(C)c(=O)n1C)Sc1ccc(Br)cc1. The molecule has 2 aromatic rings. The lowest BCUT2D eigenvalue weighted by Crippen LogP contribution is -2.40. The molecular weight excluding hydrogens is 392 g/mol. The highest BCUT2D eigenvalue weighted by Gasteiger charge is 2.16. The molecule has 0 aliphatic heterocycles. The molecule has 0 saturated carbocycles. The zero-order valence-corrected chi connectivity index (χ0v) is 15.9. The zero-order valence-electron chi connectivity index (χ0n) is 13.5. The van der Waals surface area contributed by atoms with Crippen LogP contribution < -0.4 is 16.6 Å². The molecule has 1 atom stereocenters. The summed E-state index contributed by atoms with van der Waals surface area (Å²) in [6, 6.07) is 9.86. The Morgan fingerprint density at radius 1 is 1.25 bits per heavy atom. The average molecular weight is 409 g/mol. The van der Waals surface area contributed by atoms with E-state index in [1.807, 2.05) is 37.3 Å². The minimum Gasteiger partial charge on any atom is -0.369 e. The van der Waals surface area contributed by atoms with Crippen LogP contribution in [0, 0.1) is 11.3 Å². The highest BCUT2D eigenvalue weighted by atomic mass is 79.9. The van der Waals surface area contributed by atoms with Crippen LogP contribution >= 0.6 is 27.7 Å². The number of aromatic nitrogens is 2. The van der Waals surface area contributed by atoms with Crippen LogP contribution in [0.25, 0.3) is 0 Å². The molecule has 1 heterocycles. The van der Waals surface area contributed by atoms with Crippen molar-refractivity contribution < 1.29 is 0 Å².